The van der Waals surface area contributed by atoms with E-state index in [0.29, 0.717) is 13.1 Å². The summed E-state index contributed by atoms with van der Waals surface area (Å²) >= 11 is 0. The summed E-state index contributed by atoms with van der Waals surface area (Å²) in [7, 11) is 3.63. The van der Waals surface area contributed by atoms with E-state index in [4.69, 9.17) is 0 Å². The second kappa shape index (κ2) is 15.9. The molecule has 1 fully saturated rings. The lowest BCUT2D eigenvalue weighted by Gasteiger charge is -2.50. The molecule has 1 aliphatic rings. The molecule has 0 bridgehead atoms. The van der Waals surface area contributed by atoms with Gasteiger partial charge in [-0.05, 0) is 37.6 Å². The van der Waals surface area contributed by atoms with E-state index in [0.717, 1.165) is 33.9 Å². The number of para-hydroxylation sites is 1. The number of urea groups is 1. The predicted molar refractivity (Wildman–Crippen MR) is 175 cm³/mol. The van der Waals surface area contributed by atoms with Gasteiger partial charge < -0.3 is 20.1 Å². The van der Waals surface area contributed by atoms with E-state index >= 15 is 0 Å². The molecule has 236 valence electrons. The van der Waals surface area contributed by atoms with Crippen LogP contribution in [-0.2, 0) is 22.7 Å². The maximum atomic E-state index is 13.8. The van der Waals surface area contributed by atoms with E-state index < -0.39 is 18.3 Å². The number of likely N-dealkylation sites (N-methyl/N-ethyl adjacent to an activating group) is 2. The van der Waals surface area contributed by atoms with E-state index in [1.165, 1.54) is 16.0 Å². The van der Waals surface area contributed by atoms with Gasteiger partial charge >= 0.3 is 6.03 Å². The molecule has 2 N–H and O–H groups in total. The minimum atomic E-state index is -0.817. The molecule has 3 aromatic rings. The van der Waals surface area contributed by atoms with Gasteiger partial charge in [-0.15, -0.1) is 6.58 Å². The van der Waals surface area contributed by atoms with E-state index in [-0.39, 0.29) is 31.4 Å². The summed E-state index contributed by atoms with van der Waals surface area (Å²) < 4.78 is 0. The van der Waals surface area contributed by atoms with E-state index in [1.807, 2.05) is 79.5 Å². The first-order valence-electron chi connectivity index (χ1n) is 15.0. The first-order valence-corrected chi connectivity index (χ1v) is 15.0. The normalized spacial score (nSPS) is 17.6. The number of aliphatic hydroxyl groups is 1. The number of nitrogens with zero attached hydrogens (tertiary/aromatic N) is 5. The number of carbonyl (C=O) groups excluding carboxylic acids is 3. The fraction of sp³-hybridized carbons (Fsp3) is 0.314. The number of aliphatic hydroxyl groups excluding tert-OH is 1. The van der Waals surface area contributed by atoms with Crippen LogP contribution >= 0.6 is 0 Å². The fourth-order valence-corrected chi connectivity index (χ4v) is 5.53. The number of aromatic nitrogens is 1. The Hall–Kier alpha value is -4.64. The highest BCUT2D eigenvalue weighted by Gasteiger charge is 2.43. The average Bonchev–Trinajstić information content (AvgIpc) is 3.03. The van der Waals surface area contributed by atoms with Crippen LogP contribution in [0.3, 0.4) is 0 Å². The fourth-order valence-electron chi connectivity index (χ4n) is 5.53. The summed E-state index contributed by atoms with van der Waals surface area (Å²) in [6, 6.07) is 18.3. The number of rotatable bonds is 13. The third kappa shape index (κ3) is 8.72. The second-order valence-corrected chi connectivity index (χ2v) is 11.3. The molecular formula is C35H42N6O4. The summed E-state index contributed by atoms with van der Waals surface area (Å²) in [4.78, 5) is 48.2. The number of nitrogens with one attached hydrogen (secondary N) is 1. The molecular weight excluding hydrogens is 568 g/mol. The number of carbonyl (C=O) groups is 3. The number of benzene rings is 2. The van der Waals surface area contributed by atoms with Crippen LogP contribution < -0.4 is 5.32 Å². The van der Waals surface area contributed by atoms with Crippen molar-refractivity contribution in [3.8, 4) is 0 Å². The minimum absolute atomic E-state index is 0.0647. The Morgan fingerprint density at radius 1 is 1.18 bits per heavy atom. The van der Waals surface area contributed by atoms with Crippen molar-refractivity contribution in [2.45, 2.75) is 44.7 Å². The number of fused-ring (bicyclic) bond motifs is 1. The zero-order valence-electron chi connectivity index (χ0n) is 26.1. The van der Waals surface area contributed by atoms with Gasteiger partial charge in [0.2, 0.25) is 5.91 Å². The molecule has 4 rings (SSSR count). The third-order valence-corrected chi connectivity index (χ3v) is 7.73. The largest absolute Gasteiger partial charge is 0.385 e. The highest BCUT2D eigenvalue weighted by Crippen LogP contribution is 2.24. The molecule has 0 aliphatic carbocycles. The van der Waals surface area contributed by atoms with Crippen LogP contribution in [0.15, 0.2) is 103 Å². The number of aldehydes is 1. The summed E-state index contributed by atoms with van der Waals surface area (Å²) in [5.41, 5.74) is 3.67. The maximum Gasteiger partial charge on any atom is 0.334 e. The zero-order chi connectivity index (χ0) is 32.3. The van der Waals surface area contributed by atoms with Gasteiger partial charge in [0.25, 0.3) is 0 Å². The van der Waals surface area contributed by atoms with Crippen molar-refractivity contribution >= 4 is 29.1 Å². The lowest BCUT2D eigenvalue weighted by atomic mass is 10.0. The minimum Gasteiger partial charge on any atom is -0.385 e. The van der Waals surface area contributed by atoms with Gasteiger partial charge in [0.05, 0.1) is 24.2 Å². The zero-order valence-corrected chi connectivity index (χ0v) is 26.1. The molecule has 0 spiro atoms. The van der Waals surface area contributed by atoms with Crippen LogP contribution in [-0.4, -0.2) is 93.6 Å². The molecule has 2 heterocycles. The van der Waals surface area contributed by atoms with Crippen LogP contribution in [0.1, 0.15) is 24.5 Å². The molecule has 10 heteroatoms. The number of hydrogen-bond donors (Lipinski definition) is 2. The van der Waals surface area contributed by atoms with Crippen molar-refractivity contribution in [3.63, 3.8) is 0 Å². The molecule has 10 nitrogen and oxygen atoms in total. The average molecular weight is 611 g/mol. The van der Waals surface area contributed by atoms with Gasteiger partial charge in [-0.3, -0.25) is 14.7 Å². The summed E-state index contributed by atoms with van der Waals surface area (Å²) in [6.07, 6.45) is 7.71. The number of hydrazine groups is 1. The molecule has 1 aromatic heterocycles. The maximum absolute atomic E-state index is 13.8. The van der Waals surface area contributed by atoms with Crippen molar-refractivity contribution in [1.82, 2.24) is 30.1 Å². The standard InChI is InChI=1S/C35H42N6O4/c1-5-31(43)18-9-12-26(2)20-30(25-42)40-32(23-38(3)22-29-16-10-15-28-17-11-19-36-34(28)29)41(39(4)24-33(40)44)35(45)37-21-27-13-7-6-8-14-27/h5-19,25,30-32,43H,1,20-24H2,2-4H3,(H,37,45)/b18-9?,26-12+/t30-,31?,32?/m0/s1. The molecule has 2 aromatic carbocycles. The Balaban J connectivity index is 1.63. The van der Waals surface area contributed by atoms with Crippen LogP contribution in [0.4, 0.5) is 4.79 Å². The Bertz CT molecular complexity index is 1540. The lowest BCUT2D eigenvalue weighted by Crippen LogP contribution is -2.71. The number of allylic oxidation sites excluding steroid dienone is 2. The van der Waals surface area contributed by atoms with Gasteiger partial charge in [0, 0.05) is 38.3 Å². The van der Waals surface area contributed by atoms with Crippen molar-refractivity contribution in [2.24, 2.45) is 0 Å². The molecule has 1 aliphatic heterocycles. The topological polar surface area (TPSA) is 109 Å². The quantitative estimate of drug-likeness (QED) is 0.172. The van der Waals surface area contributed by atoms with Gasteiger partial charge in [0.1, 0.15) is 12.5 Å². The van der Waals surface area contributed by atoms with Crippen molar-refractivity contribution in [1.29, 1.82) is 0 Å². The first kappa shape index (κ1) is 33.3. The first-order chi connectivity index (χ1) is 21.7. The summed E-state index contributed by atoms with van der Waals surface area (Å²) in [5.74, 6) is -0.252. The number of hydrogen-bond acceptors (Lipinski definition) is 7. The molecule has 45 heavy (non-hydrogen) atoms. The van der Waals surface area contributed by atoms with E-state index in [9.17, 15) is 19.5 Å². The Morgan fingerprint density at radius 2 is 1.93 bits per heavy atom. The van der Waals surface area contributed by atoms with Crippen molar-refractivity contribution in [2.75, 3.05) is 27.2 Å². The van der Waals surface area contributed by atoms with Gasteiger partial charge in [-0.1, -0.05) is 84.5 Å². The van der Waals surface area contributed by atoms with Gasteiger partial charge in [-0.25, -0.2) is 14.8 Å². The van der Waals surface area contributed by atoms with Crippen molar-refractivity contribution < 1.29 is 19.5 Å². The van der Waals surface area contributed by atoms with E-state index in [2.05, 4.69) is 16.9 Å². The number of amides is 3. The Labute approximate surface area is 264 Å². The SMILES string of the molecule is C=CC(O)C=C/C=C(\C)C[C@@H](C=O)N1C(=O)CN(C)N(C(=O)NCc2ccccc2)C1CN(C)Cc1cccc2cccnc12. The lowest BCUT2D eigenvalue weighted by molar-refractivity contribution is -0.171. The predicted octanol–water partition coefficient (Wildman–Crippen LogP) is 3.90. The molecule has 1 saturated heterocycles. The van der Waals surface area contributed by atoms with Crippen molar-refractivity contribution in [3.05, 3.63) is 114 Å². The summed E-state index contributed by atoms with van der Waals surface area (Å²) in [6.45, 7) is 6.45. The van der Waals surface area contributed by atoms with Crippen LogP contribution in [0.5, 0.6) is 0 Å². The molecule has 2 unspecified atom stereocenters. The molecule has 3 atom stereocenters. The van der Waals surface area contributed by atoms with Gasteiger partial charge in [-0.2, -0.15) is 0 Å². The van der Waals surface area contributed by atoms with E-state index in [1.54, 1.807) is 36.5 Å². The van der Waals surface area contributed by atoms with Crippen LogP contribution in [0, 0.1) is 0 Å². The molecule has 3 amide bonds. The van der Waals surface area contributed by atoms with Crippen LogP contribution in [0.25, 0.3) is 10.9 Å². The summed E-state index contributed by atoms with van der Waals surface area (Å²) in [5, 5.41) is 16.9. The Morgan fingerprint density at radius 3 is 2.67 bits per heavy atom. The van der Waals surface area contributed by atoms with Crippen LogP contribution in [0.2, 0.25) is 0 Å². The second-order valence-electron chi connectivity index (χ2n) is 11.3. The smallest absolute Gasteiger partial charge is 0.334 e. The Kier molecular flexibility index (Phi) is 11.7. The monoisotopic (exact) mass is 610 g/mol. The molecule has 0 radical (unpaired) electrons. The molecule has 0 saturated carbocycles. The highest BCUT2D eigenvalue weighted by molar-refractivity contribution is 5.85. The number of pyridine rings is 1. The third-order valence-electron chi connectivity index (χ3n) is 7.73. The highest BCUT2D eigenvalue weighted by atomic mass is 16.3. The van der Waals surface area contributed by atoms with Gasteiger partial charge in [0.15, 0.2) is 0 Å².